The molecule has 17 heavy (non-hydrogen) atoms. The van der Waals surface area contributed by atoms with Crippen molar-refractivity contribution in [2.75, 3.05) is 5.73 Å². The Kier molecular flexibility index (Phi) is 4.00. The predicted molar refractivity (Wildman–Crippen MR) is 69.5 cm³/mol. The van der Waals surface area contributed by atoms with E-state index in [0.717, 1.165) is 24.0 Å². The SMILES string of the molecule is Cc1cnc(N)c(C(O)C2CCCCCC2)c1. The second-order valence-corrected chi connectivity index (χ2v) is 5.18. The van der Waals surface area contributed by atoms with E-state index in [9.17, 15) is 5.11 Å². The topological polar surface area (TPSA) is 59.1 Å². The summed E-state index contributed by atoms with van der Waals surface area (Å²) in [6.07, 6.45) is 8.56. The van der Waals surface area contributed by atoms with E-state index < -0.39 is 6.10 Å². The molecule has 0 radical (unpaired) electrons. The first-order valence-corrected chi connectivity index (χ1v) is 6.58. The summed E-state index contributed by atoms with van der Waals surface area (Å²) in [6, 6.07) is 1.97. The molecule has 3 nitrogen and oxygen atoms in total. The molecule has 0 aliphatic heterocycles. The van der Waals surface area contributed by atoms with Crippen LogP contribution in [0.2, 0.25) is 0 Å². The molecule has 1 unspecified atom stereocenters. The average molecular weight is 234 g/mol. The third-order valence-corrected chi connectivity index (χ3v) is 3.75. The minimum Gasteiger partial charge on any atom is -0.388 e. The fraction of sp³-hybridized carbons (Fsp3) is 0.643. The van der Waals surface area contributed by atoms with Crippen LogP contribution in [0, 0.1) is 12.8 Å². The van der Waals surface area contributed by atoms with Gasteiger partial charge in [0.1, 0.15) is 5.82 Å². The minimum absolute atomic E-state index is 0.350. The van der Waals surface area contributed by atoms with Crippen LogP contribution >= 0.6 is 0 Å². The lowest BCUT2D eigenvalue weighted by molar-refractivity contribution is 0.0991. The van der Waals surface area contributed by atoms with Crippen LogP contribution in [0.1, 0.15) is 55.8 Å². The Labute approximate surface area is 103 Å². The number of aliphatic hydroxyl groups excluding tert-OH is 1. The zero-order valence-corrected chi connectivity index (χ0v) is 10.5. The maximum absolute atomic E-state index is 10.5. The number of nitrogens with two attached hydrogens (primary N) is 1. The molecule has 1 fully saturated rings. The van der Waals surface area contributed by atoms with Gasteiger partial charge in [-0.25, -0.2) is 4.98 Å². The second-order valence-electron chi connectivity index (χ2n) is 5.18. The van der Waals surface area contributed by atoms with Crippen LogP contribution in [0.4, 0.5) is 5.82 Å². The summed E-state index contributed by atoms with van der Waals surface area (Å²) in [4.78, 5) is 4.14. The summed E-state index contributed by atoms with van der Waals surface area (Å²) < 4.78 is 0. The Morgan fingerprint density at radius 2 is 1.94 bits per heavy atom. The number of aromatic nitrogens is 1. The smallest absolute Gasteiger partial charge is 0.129 e. The van der Waals surface area contributed by atoms with E-state index in [4.69, 9.17) is 5.73 Å². The van der Waals surface area contributed by atoms with Crippen molar-refractivity contribution in [1.82, 2.24) is 4.98 Å². The number of hydrogen-bond acceptors (Lipinski definition) is 3. The fourth-order valence-electron chi connectivity index (χ4n) is 2.72. The van der Waals surface area contributed by atoms with Crippen molar-refractivity contribution >= 4 is 5.82 Å². The van der Waals surface area contributed by atoms with Crippen LogP contribution in [-0.2, 0) is 0 Å². The standard InChI is InChI=1S/C14H22N2O/c1-10-8-12(14(15)16-9-10)13(17)11-6-4-2-3-5-7-11/h8-9,11,13,17H,2-7H2,1H3,(H2,15,16). The lowest BCUT2D eigenvalue weighted by Crippen LogP contribution is -2.14. The molecule has 3 N–H and O–H groups in total. The Bertz CT molecular complexity index is 370. The van der Waals surface area contributed by atoms with Gasteiger partial charge in [0.05, 0.1) is 6.10 Å². The second kappa shape index (κ2) is 5.50. The molecule has 3 heteroatoms. The number of nitrogens with zero attached hydrogens (tertiary/aromatic N) is 1. The average Bonchev–Trinajstić information content (AvgIpc) is 2.60. The number of pyridine rings is 1. The van der Waals surface area contributed by atoms with E-state index in [1.807, 2.05) is 13.0 Å². The lowest BCUT2D eigenvalue weighted by atomic mass is 9.89. The van der Waals surface area contributed by atoms with Gasteiger partial charge in [0.15, 0.2) is 0 Å². The van der Waals surface area contributed by atoms with Gasteiger partial charge in [0, 0.05) is 11.8 Å². The summed E-state index contributed by atoms with van der Waals surface area (Å²) >= 11 is 0. The summed E-state index contributed by atoms with van der Waals surface area (Å²) in [5, 5.41) is 10.5. The Balaban J connectivity index is 2.16. The van der Waals surface area contributed by atoms with E-state index in [-0.39, 0.29) is 0 Å². The monoisotopic (exact) mass is 234 g/mol. The van der Waals surface area contributed by atoms with Crippen molar-refractivity contribution in [2.24, 2.45) is 5.92 Å². The number of aliphatic hydroxyl groups is 1. The predicted octanol–water partition coefficient (Wildman–Crippen LogP) is 2.98. The van der Waals surface area contributed by atoms with Gasteiger partial charge in [-0.05, 0) is 37.3 Å². The molecule has 0 aromatic carbocycles. The molecule has 1 saturated carbocycles. The van der Waals surface area contributed by atoms with E-state index in [2.05, 4.69) is 4.98 Å². The van der Waals surface area contributed by atoms with E-state index in [1.54, 1.807) is 6.20 Å². The number of rotatable bonds is 2. The molecule has 1 atom stereocenters. The molecule has 2 rings (SSSR count). The first-order chi connectivity index (χ1) is 8.18. The quantitative estimate of drug-likeness (QED) is 0.773. The van der Waals surface area contributed by atoms with E-state index in [0.29, 0.717) is 11.7 Å². The molecule has 0 saturated heterocycles. The number of nitrogen functional groups attached to an aromatic ring is 1. The van der Waals surface area contributed by atoms with Crippen LogP contribution in [0.5, 0.6) is 0 Å². The summed E-state index contributed by atoms with van der Waals surface area (Å²) in [7, 11) is 0. The van der Waals surface area contributed by atoms with Gasteiger partial charge in [-0.15, -0.1) is 0 Å². The first kappa shape index (κ1) is 12.4. The van der Waals surface area contributed by atoms with Gasteiger partial charge in [-0.2, -0.15) is 0 Å². The first-order valence-electron chi connectivity index (χ1n) is 6.58. The van der Waals surface area contributed by atoms with Gasteiger partial charge in [0.25, 0.3) is 0 Å². The zero-order valence-electron chi connectivity index (χ0n) is 10.5. The largest absolute Gasteiger partial charge is 0.388 e. The van der Waals surface area contributed by atoms with Gasteiger partial charge in [0.2, 0.25) is 0 Å². The highest BCUT2D eigenvalue weighted by Crippen LogP contribution is 2.35. The number of hydrogen-bond donors (Lipinski definition) is 2. The molecular formula is C14H22N2O. The molecule has 0 amide bonds. The molecule has 1 aliphatic rings. The fourth-order valence-corrected chi connectivity index (χ4v) is 2.72. The van der Waals surface area contributed by atoms with Crippen LogP contribution in [0.3, 0.4) is 0 Å². The van der Waals surface area contributed by atoms with Crippen molar-refractivity contribution in [3.8, 4) is 0 Å². The number of anilines is 1. The molecule has 1 aromatic heterocycles. The maximum Gasteiger partial charge on any atom is 0.129 e. The third kappa shape index (κ3) is 2.97. The summed E-state index contributed by atoms with van der Waals surface area (Å²) in [6.45, 7) is 1.98. The van der Waals surface area contributed by atoms with Crippen molar-refractivity contribution in [1.29, 1.82) is 0 Å². The Hall–Kier alpha value is -1.09. The molecule has 1 aromatic rings. The van der Waals surface area contributed by atoms with Crippen molar-refractivity contribution in [3.63, 3.8) is 0 Å². The normalized spacial score (nSPS) is 19.9. The maximum atomic E-state index is 10.5. The zero-order chi connectivity index (χ0) is 12.3. The van der Waals surface area contributed by atoms with Crippen molar-refractivity contribution in [2.45, 2.75) is 51.6 Å². The summed E-state index contributed by atoms with van der Waals surface area (Å²) in [5.41, 5.74) is 7.74. The van der Waals surface area contributed by atoms with Crippen molar-refractivity contribution < 1.29 is 5.11 Å². The minimum atomic E-state index is -0.444. The highest BCUT2D eigenvalue weighted by atomic mass is 16.3. The van der Waals surface area contributed by atoms with Gasteiger partial charge < -0.3 is 10.8 Å². The molecule has 94 valence electrons. The van der Waals surface area contributed by atoms with Crippen LogP contribution in [0.15, 0.2) is 12.3 Å². The lowest BCUT2D eigenvalue weighted by Gasteiger charge is -2.22. The van der Waals surface area contributed by atoms with Crippen LogP contribution in [0.25, 0.3) is 0 Å². The molecule has 1 aliphatic carbocycles. The van der Waals surface area contributed by atoms with Gasteiger partial charge in [-0.3, -0.25) is 0 Å². The van der Waals surface area contributed by atoms with Crippen molar-refractivity contribution in [3.05, 3.63) is 23.4 Å². The Morgan fingerprint density at radius 1 is 1.29 bits per heavy atom. The molecule has 0 spiro atoms. The van der Waals surface area contributed by atoms with Crippen LogP contribution in [-0.4, -0.2) is 10.1 Å². The molecule has 1 heterocycles. The number of aryl methyl sites for hydroxylation is 1. The molecule has 0 bridgehead atoms. The summed E-state index contributed by atoms with van der Waals surface area (Å²) in [5.74, 6) is 0.829. The van der Waals surface area contributed by atoms with Gasteiger partial charge in [-0.1, -0.05) is 25.7 Å². The van der Waals surface area contributed by atoms with E-state index in [1.165, 1.54) is 25.7 Å². The Morgan fingerprint density at radius 3 is 2.59 bits per heavy atom. The van der Waals surface area contributed by atoms with E-state index >= 15 is 0 Å². The highest BCUT2D eigenvalue weighted by molar-refractivity contribution is 5.42. The highest BCUT2D eigenvalue weighted by Gasteiger charge is 2.24. The molecular weight excluding hydrogens is 212 g/mol. The van der Waals surface area contributed by atoms with Gasteiger partial charge >= 0.3 is 0 Å². The third-order valence-electron chi connectivity index (χ3n) is 3.75. The van der Waals surface area contributed by atoms with Crippen LogP contribution < -0.4 is 5.73 Å².